The van der Waals surface area contributed by atoms with Gasteiger partial charge in [0, 0.05) is 55.9 Å². The van der Waals surface area contributed by atoms with Gasteiger partial charge in [0.1, 0.15) is 0 Å². The summed E-state index contributed by atoms with van der Waals surface area (Å²) in [6.45, 7) is 4.87. The number of hydrogen-bond acceptors (Lipinski definition) is 4. The van der Waals surface area contributed by atoms with E-state index in [-0.39, 0.29) is 0 Å². The Bertz CT molecular complexity index is 467. The number of ether oxygens (including phenoxy) is 1. The highest BCUT2D eigenvalue weighted by Gasteiger charge is 2.22. The summed E-state index contributed by atoms with van der Waals surface area (Å²) in [5.41, 5.74) is 3.67. The SMILES string of the molecule is Cc1cc(N(C)CC2CCCCO2)c(CNC2CC2)cn1. The number of anilines is 1. The van der Waals surface area contributed by atoms with Crippen LogP contribution in [-0.2, 0) is 11.3 Å². The normalized spacial score (nSPS) is 22.3. The lowest BCUT2D eigenvalue weighted by Gasteiger charge is -2.30. The smallest absolute Gasteiger partial charge is 0.0749 e. The molecule has 1 aliphatic heterocycles. The molecule has 2 fully saturated rings. The molecule has 21 heavy (non-hydrogen) atoms. The lowest BCUT2D eigenvalue weighted by molar-refractivity contribution is 0.0216. The van der Waals surface area contributed by atoms with E-state index in [2.05, 4.69) is 35.2 Å². The first-order chi connectivity index (χ1) is 10.2. The number of nitrogens with one attached hydrogen (secondary N) is 1. The molecule has 1 aliphatic carbocycles. The lowest BCUT2D eigenvalue weighted by atomic mass is 10.1. The van der Waals surface area contributed by atoms with Crippen LogP contribution in [-0.4, -0.2) is 37.3 Å². The highest BCUT2D eigenvalue weighted by Crippen LogP contribution is 2.24. The van der Waals surface area contributed by atoms with Crippen LogP contribution in [0, 0.1) is 6.92 Å². The van der Waals surface area contributed by atoms with Gasteiger partial charge in [0.15, 0.2) is 0 Å². The monoisotopic (exact) mass is 289 g/mol. The maximum atomic E-state index is 5.88. The quantitative estimate of drug-likeness (QED) is 0.873. The Hall–Kier alpha value is -1.13. The third kappa shape index (κ3) is 4.17. The zero-order valence-electron chi connectivity index (χ0n) is 13.3. The van der Waals surface area contributed by atoms with Crippen LogP contribution in [0.3, 0.4) is 0 Å². The molecule has 4 nitrogen and oxygen atoms in total. The van der Waals surface area contributed by atoms with Gasteiger partial charge >= 0.3 is 0 Å². The maximum Gasteiger partial charge on any atom is 0.0749 e. The summed E-state index contributed by atoms with van der Waals surface area (Å²) >= 11 is 0. The molecule has 0 radical (unpaired) electrons. The minimum absolute atomic E-state index is 0.376. The van der Waals surface area contributed by atoms with Crippen LogP contribution in [0.5, 0.6) is 0 Å². The minimum atomic E-state index is 0.376. The first kappa shape index (κ1) is 14.8. The van der Waals surface area contributed by atoms with Gasteiger partial charge in [0.05, 0.1) is 6.10 Å². The van der Waals surface area contributed by atoms with Gasteiger partial charge in [0.25, 0.3) is 0 Å². The third-order valence-electron chi connectivity index (χ3n) is 4.42. The first-order valence-corrected chi connectivity index (χ1v) is 8.24. The van der Waals surface area contributed by atoms with E-state index in [1.54, 1.807) is 0 Å². The summed E-state index contributed by atoms with van der Waals surface area (Å²) in [6.07, 6.45) is 8.74. The molecular formula is C17H27N3O. The molecular weight excluding hydrogens is 262 g/mol. The molecule has 1 saturated heterocycles. The van der Waals surface area contributed by atoms with Gasteiger partial charge in [-0.1, -0.05) is 0 Å². The zero-order chi connectivity index (χ0) is 14.7. The summed E-state index contributed by atoms with van der Waals surface area (Å²) in [5.74, 6) is 0. The van der Waals surface area contributed by atoms with E-state index >= 15 is 0 Å². The van der Waals surface area contributed by atoms with Crippen molar-refractivity contribution in [1.82, 2.24) is 10.3 Å². The van der Waals surface area contributed by atoms with Crippen molar-refractivity contribution in [3.05, 3.63) is 23.5 Å². The number of aryl methyl sites for hydroxylation is 1. The van der Waals surface area contributed by atoms with E-state index in [4.69, 9.17) is 4.74 Å². The molecule has 1 N–H and O–H groups in total. The molecule has 1 unspecified atom stereocenters. The molecule has 0 aromatic carbocycles. The fraction of sp³-hybridized carbons (Fsp3) is 0.706. The summed E-state index contributed by atoms with van der Waals surface area (Å²) in [6, 6.07) is 2.93. The summed E-state index contributed by atoms with van der Waals surface area (Å²) in [4.78, 5) is 6.81. The predicted molar refractivity (Wildman–Crippen MR) is 85.7 cm³/mol. The van der Waals surface area contributed by atoms with Crippen molar-refractivity contribution in [3.63, 3.8) is 0 Å². The Morgan fingerprint density at radius 2 is 2.19 bits per heavy atom. The molecule has 1 aromatic rings. The van der Waals surface area contributed by atoms with Crippen molar-refractivity contribution >= 4 is 5.69 Å². The van der Waals surface area contributed by atoms with Crippen molar-refractivity contribution in [2.45, 2.75) is 57.7 Å². The van der Waals surface area contributed by atoms with Crippen molar-refractivity contribution in [2.24, 2.45) is 0 Å². The second-order valence-electron chi connectivity index (χ2n) is 6.48. The second kappa shape index (κ2) is 6.75. The number of hydrogen-bond donors (Lipinski definition) is 1. The van der Waals surface area contributed by atoms with Gasteiger partial charge in [-0.05, 0) is 45.1 Å². The molecule has 0 amide bonds. The molecule has 4 heteroatoms. The average Bonchev–Trinajstić information content (AvgIpc) is 3.31. The van der Waals surface area contributed by atoms with Crippen molar-refractivity contribution in [1.29, 1.82) is 0 Å². The first-order valence-electron chi connectivity index (χ1n) is 8.24. The lowest BCUT2D eigenvalue weighted by Crippen LogP contribution is -2.34. The van der Waals surface area contributed by atoms with Crippen LogP contribution >= 0.6 is 0 Å². The van der Waals surface area contributed by atoms with Gasteiger partial charge in [-0.3, -0.25) is 4.98 Å². The van der Waals surface area contributed by atoms with E-state index < -0.39 is 0 Å². The highest BCUT2D eigenvalue weighted by molar-refractivity contribution is 5.53. The van der Waals surface area contributed by atoms with Crippen molar-refractivity contribution < 1.29 is 4.74 Å². The van der Waals surface area contributed by atoms with Crippen LogP contribution in [0.1, 0.15) is 43.4 Å². The van der Waals surface area contributed by atoms with Crippen LogP contribution in [0.4, 0.5) is 5.69 Å². The highest BCUT2D eigenvalue weighted by atomic mass is 16.5. The zero-order valence-corrected chi connectivity index (χ0v) is 13.3. The summed E-state index contributed by atoms with van der Waals surface area (Å²) in [5, 5.41) is 3.59. The van der Waals surface area contributed by atoms with Gasteiger partial charge in [-0.15, -0.1) is 0 Å². The average molecular weight is 289 g/mol. The van der Waals surface area contributed by atoms with E-state index in [1.807, 2.05) is 6.20 Å². The molecule has 0 bridgehead atoms. The molecule has 116 valence electrons. The van der Waals surface area contributed by atoms with Gasteiger partial charge in [0.2, 0.25) is 0 Å². The van der Waals surface area contributed by atoms with Crippen molar-refractivity contribution in [2.75, 3.05) is 25.1 Å². The Labute approximate surface area is 127 Å². The Morgan fingerprint density at radius 3 is 2.90 bits per heavy atom. The van der Waals surface area contributed by atoms with Crippen LogP contribution in [0.15, 0.2) is 12.3 Å². The summed E-state index contributed by atoms with van der Waals surface area (Å²) < 4.78 is 5.88. The minimum Gasteiger partial charge on any atom is -0.376 e. The topological polar surface area (TPSA) is 37.4 Å². The van der Waals surface area contributed by atoms with E-state index in [0.717, 1.165) is 31.4 Å². The fourth-order valence-corrected chi connectivity index (χ4v) is 2.96. The fourth-order valence-electron chi connectivity index (χ4n) is 2.96. The Morgan fingerprint density at radius 1 is 1.33 bits per heavy atom. The number of rotatable bonds is 6. The maximum absolute atomic E-state index is 5.88. The van der Waals surface area contributed by atoms with Crippen molar-refractivity contribution in [3.8, 4) is 0 Å². The van der Waals surface area contributed by atoms with Gasteiger partial charge in [-0.25, -0.2) is 0 Å². The molecule has 1 atom stereocenters. The number of pyridine rings is 1. The largest absolute Gasteiger partial charge is 0.376 e. The number of nitrogens with zero attached hydrogens (tertiary/aromatic N) is 2. The molecule has 1 aromatic heterocycles. The van der Waals surface area contributed by atoms with Gasteiger partial charge < -0.3 is 15.0 Å². The molecule has 1 saturated carbocycles. The molecule has 0 spiro atoms. The van der Waals surface area contributed by atoms with E-state index in [9.17, 15) is 0 Å². The Balaban J connectivity index is 1.66. The third-order valence-corrected chi connectivity index (χ3v) is 4.42. The van der Waals surface area contributed by atoms with E-state index in [0.29, 0.717) is 6.10 Å². The molecule has 3 rings (SSSR count). The van der Waals surface area contributed by atoms with Crippen LogP contribution in [0.25, 0.3) is 0 Å². The second-order valence-corrected chi connectivity index (χ2v) is 6.48. The predicted octanol–water partition coefficient (Wildman–Crippen LogP) is 2.65. The number of aromatic nitrogens is 1. The molecule has 2 aliphatic rings. The number of likely N-dealkylation sites (N-methyl/N-ethyl adjacent to an activating group) is 1. The van der Waals surface area contributed by atoms with Gasteiger partial charge in [-0.2, -0.15) is 0 Å². The standard InChI is InChI=1S/C17H27N3O/c1-13-9-17(14(10-18-13)11-19-15-6-7-15)20(2)12-16-5-3-4-8-21-16/h9-10,15-16,19H,3-8,11-12H2,1-2H3. The Kier molecular flexibility index (Phi) is 4.76. The van der Waals surface area contributed by atoms with Crippen LogP contribution < -0.4 is 10.2 Å². The van der Waals surface area contributed by atoms with E-state index in [1.165, 1.54) is 43.4 Å². The molecule has 2 heterocycles. The van der Waals surface area contributed by atoms with Crippen LogP contribution in [0.2, 0.25) is 0 Å². The summed E-state index contributed by atoms with van der Waals surface area (Å²) in [7, 11) is 2.17.